The molecule has 0 amide bonds. The van der Waals surface area contributed by atoms with E-state index in [9.17, 15) is 18.0 Å². The normalized spacial score (nSPS) is 11.1. The molecule has 0 aliphatic heterocycles. The van der Waals surface area contributed by atoms with Gasteiger partial charge in [0.25, 0.3) is 0 Å². The molecule has 0 fully saturated rings. The first-order valence-electron chi connectivity index (χ1n) is 4.14. The Hall–Kier alpha value is -1.79. The van der Waals surface area contributed by atoms with Crippen molar-refractivity contribution in [2.75, 3.05) is 7.11 Å². The molecule has 16 heavy (non-hydrogen) atoms. The summed E-state index contributed by atoms with van der Waals surface area (Å²) in [7, 11) is 1.24. The van der Waals surface area contributed by atoms with Crippen molar-refractivity contribution in [2.45, 2.75) is 13.3 Å². The SMILES string of the molecule is COc1nc(C=O)cc(OC(F)(F)F)c1C. The van der Waals surface area contributed by atoms with Gasteiger partial charge >= 0.3 is 6.36 Å². The number of hydrogen-bond donors (Lipinski definition) is 0. The van der Waals surface area contributed by atoms with Crippen LogP contribution in [0.2, 0.25) is 0 Å². The number of methoxy groups -OCH3 is 1. The third kappa shape index (κ3) is 2.85. The second-order valence-electron chi connectivity index (χ2n) is 2.85. The van der Waals surface area contributed by atoms with Gasteiger partial charge in [0, 0.05) is 6.07 Å². The van der Waals surface area contributed by atoms with Gasteiger partial charge in [0.2, 0.25) is 5.88 Å². The molecular formula is C9H8F3NO3. The van der Waals surface area contributed by atoms with Gasteiger partial charge in [0.05, 0.1) is 12.7 Å². The summed E-state index contributed by atoms with van der Waals surface area (Å²) >= 11 is 0. The Morgan fingerprint density at radius 1 is 1.44 bits per heavy atom. The van der Waals surface area contributed by atoms with Crippen LogP contribution in [0.5, 0.6) is 11.6 Å². The van der Waals surface area contributed by atoms with Crippen molar-refractivity contribution in [3.63, 3.8) is 0 Å². The number of nitrogens with zero attached hydrogens (tertiary/aromatic N) is 1. The number of hydrogen-bond acceptors (Lipinski definition) is 4. The fourth-order valence-electron chi connectivity index (χ4n) is 1.07. The van der Waals surface area contributed by atoms with Crippen LogP contribution in [0.25, 0.3) is 0 Å². The Kier molecular flexibility index (Phi) is 3.36. The maximum absolute atomic E-state index is 12.0. The highest BCUT2D eigenvalue weighted by Crippen LogP contribution is 2.30. The smallest absolute Gasteiger partial charge is 0.481 e. The van der Waals surface area contributed by atoms with E-state index >= 15 is 0 Å². The molecule has 0 aliphatic rings. The molecule has 4 nitrogen and oxygen atoms in total. The summed E-state index contributed by atoms with van der Waals surface area (Å²) < 4.78 is 44.5. The minimum atomic E-state index is -4.82. The van der Waals surface area contributed by atoms with Crippen LogP contribution in [0.1, 0.15) is 16.1 Å². The molecule has 1 heterocycles. The van der Waals surface area contributed by atoms with Gasteiger partial charge in [-0.05, 0) is 6.92 Å². The van der Waals surface area contributed by atoms with Crippen molar-refractivity contribution < 1.29 is 27.4 Å². The molecule has 0 spiro atoms. The summed E-state index contributed by atoms with van der Waals surface area (Å²) in [6.45, 7) is 1.35. The largest absolute Gasteiger partial charge is 0.573 e. The summed E-state index contributed by atoms with van der Waals surface area (Å²) in [6.07, 6.45) is -4.51. The monoisotopic (exact) mass is 235 g/mol. The highest BCUT2D eigenvalue weighted by Gasteiger charge is 2.32. The second kappa shape index (κ2) is 4.38. The summed E-state index contributed by atoms with van der Waals surface area (Å²) in [5.74, 6) is -0.578. The first-order valence-corrected chi connectivity index (χ1v) is 4.14. The predicted octanol–water partition coefficient (Wildman–Crippen LogP) is 2.11. The number of alkyl halides is 3. The van der Waals surface area contributed by atoms with Crippen LogP contribution in [-0.2, 0) is 0 Å². The van der Waals surface area contributed by atoms with Gasteiger partial charge in [-0.3, -0.25) is 4.79 Å². The second-order valence-corrected chi connectivity index (χ2v) is 2.85. The lowest BCUT2D eigenvalue weighted by atomic mass is 10.2. The first-order chi connectivity index (χ1) is 7.37. The van der Waals surface area contributed by atoms with Gasteiger partial charge in [0.1, 0.15) is 11.4 Å². The molecule has 1 rings (SSSR count). The Morgan fingerprint density at radius 3 is 2.50 bits per heavy atom. The quantitative estimate of drug-likeness (QED) is 0.753. The number of pyridine rings is 1. The molecule has 0 saturated heterocycles. The molecule has 7 heteroatoms. The highest BCUT2D eigenvalue weighted by molar-refractivity contribution is 5.73. The van der Waals surface area contributed by atoms with E-state index in [1.54, 1.807) is 0 Å². The van der Waals surface area contributed by atoms with Crippen LogP contribution in [0, 0.1) is 6.92 Å². The molecule has 0 unspecified atom stereocenters. The lowest BCUT2D eigenvalue weighted by Crippen LogP contribution is -2.18. The average molecular weight is 235 g/mol. The van der Waals surface area contributed by atoms with Gasteiger partial charge in [-0.1, -0.05) is 0 Å². The number of carbonyl (C=O) groups is 1. The van der Waals surface area contributed by atoms with Crippen LogP contribution in [0.4, 0.5) is 13.2 Å². The summed E-state index contributed by atoms with van der Waals surface area (Å²) in [5.41, 5.74) is -0.118. The van der Waals surface area contributed by atoms with Crippen molar-refractivity contribution in [1.29, 1.82) is 0 Å². The Morgan fingerprint density at radius 2 is 2.06 bits per heavy atom. The fraction of sp³-hybridized carbons (Fsp3) is 0.333. The van der Waals surface area contributed by atoms with Crippen molar-refractivity contribution in [3.8, 4) is 11.6 Å². The van der Waals surface area contributed by atoms with Gasteiger partial charge in [0.15, 0.2) is 6.29 Å². The Labute approximate surface area is 89.0 Å². The topological polar surface area (TPSA) is 48.4 Å². The van der Waals surface area contributed by atoms with Crippen LogP contribution < -0.4 is 9.47 Å². The zero-order valence-electron chi connectivity index (χ0n) is 8.46. The molecule has 0 atom stereocenters. The predicted molar refractivity (Wildman–Crippen MR) is 47.6 cm³/mol. The Balaban J connectivity index is 3.21. The number of carbonyl (C=O) groups excluding carboxylic acids is 1. The first kappa shape index (κ1) is 12.3. The summed E-state index contributed by atoms with van der Waals surface area (Å²) in [6, 6.07) is 0.901. The molecule has 0 N–H and O–H groups in total. The van der Waals surface area contributed by atoms with Gasteiger partial charge < -0.3 is 9.47 Å². The van der Waals surface area contributed by atoms with E-state index in [2.05, 4.69) is 9.72 Å². The Bertz CT molecular complexity index is 404. The van der Waals surface area contributed by atoms with Gasteiger partial charge in [-0.25, -0.2) is 4.98 Å². The van der Waals surface area contributed by atoms with Crippen molar-refractivity contribution in [2.24, 2.45) is 0 Å². The van der Waals surface area contributed by atoms with E-state index in [0.29, 0.717) is 6.29 Å². The van der Waals surface area contributed by atoms with Gasteiger partial charge in [-0.2, -0.15) is 0 Å². The number of halogens is 3. The lowest BCUT2D eigenvalue weighted by Gasteiger charge is -2.13. The number of aromatic nitrogens is 1. The van der Waals surface area contributed by atoms with Gasteiger partial charge in [-0.15, -0.1) is 13.2 Å². The standard InChI is InChI=1S/C9H8F3NO3/c1-5-7(16-9(10,11)12)3-6(4-14)13-8(5)15-2/h3-4H,1-2H3. The zero-order valence-corrected chi connectivity index (χ0v) is 8.46. The van der Waals surface area contributed by atoms with E-state index in [0.717, 1.165) is 6.07 Å². The van der Waals surface area contributed by atoms with E-state index in [4.69, 9.17) is 4.74 Å². The van der Waals surface area contributed by atoms with E-state index < -0.39 is 12.1 Å². The van der Waals surface area contributed by atoms with Crippen molar-refractivity contribution in [3.05, 3.63) is 17.3 Å². The number of ether oxygens (including phenoxy) is 2. The zero-order chi connectivity index (χ0) is 12.3. The minimum Gasteiger partial charge on any atom is -0.481 e. The average Bonchev–Trinajstić information content (AvgIpc) is 2.19. The van der Waals surface area contributed by atoms with Crippen LogP contribution in [0.15, 0.2) is 6.07 Å². The molecule has 0 aromatic carbocycles. The van der Waals surface area contributed by atoms with Crippen molar-refractivity contribution in [1.82, 2.24) is 4.98 Å². The maximum Gasteiger partial charge on any atom is 0.573 e. The molecule has 0 saturated carbocycles. The molecule has 0 aliphatic carbocycles. The molecule has 1 aromatic rings. The lowest BCUT2D eigenvalue weighted by molar-refractivity contribution is -0.274. The minimum absolute atomic E-state index is 0.0745. The fourth-order valence-corrected chi connectivity index (χ4v) is 1.07. The summed E-state index contributed by atoms with van der Waals surface area (Å²) in [4.78, 5) is 14.1. The van der Waals surface area contributed by atoms with E-state index in [1.165, 1.54) is 14.0 Å². The highest BCUT2D eigenvalue weighted by atomic mass is 19.4. The number of aldehydes is 1. The third-order valence-corrected chi connectivity index (χ3v) is 1.74. The molecule has 88 valence electrons. The maximum atomic E-state index is 12.0. The summed E-state index contributed by atoms with van der Waals surface area (Å²) in [5, 5.41) is 0. The van der Waals surface area contributed by atoms with Crippen LogP contribution in [0.3, 0.4) is 0 Å². The molecular weight excluding hydrogens is 227 g/mol. The van der Waals surface area contributed by atoms with Crippen LogP contribution in [-0.4, -0.2) is 24.7 Å². The molecule has 0 radical (unpaired) electrons. The third-order valence-electron chi connectivity index (χ3n) is 1.74. The van der Waals surface area contributed by atoms with Crippen LogP contribution >= 0.6 is 0 Å². The molecule has 1 aromatic heterocycles. The van der Waals surface area contributed by atoms with Crippen molar-refractivity contribution >= 4 is 6.29 Å². The van der Waals surface area contributed by atoms with E-state index in [-0.39, 0.29) is 17.1 Å². The number of rotatable bonds is 3. The van der Waals surface area contributed by atoms with E-state index in [1.807, 2.05) is 0 Å². The molecule has 0 bridgehead atoms.